The molecule has 6 nitrogen and oxygen atoms in total. The van der Waals surface area contributed by atoms with Crippen molar-refractivity contribution >= 4 is 11.8 Å². The largest absolute Gasteiger partial charge is 0.382 e. The van der Waals surface area contributed by atoms with E-state index >= 15 is 0 Å². The van der Waals surface area contributed by atoms with Gasteiger partial charge in [0.25, 0.3) is 18.0 Å². The first-order chi connectivity index (χ1) is 9.63. The van der Waals surface area contributed by atoms with Gasteiger partial charge in [0.15, 0.2) is 0 Å². The van der Waals surface area contributed by atoms with Gasteiger partial charge >= 0.3 is 0 Å². The summed E-state index contributed by atoms with van der Waals surface area (Å²) in [5.41, 5.74) is 0. The van der Waals surface area contributed by atoms with Gasteiger partial charge < -0.3 is 20.1 Å². The summed E-state index contributed by atoms with van der Waals surface area (Å²) in [7, 11) is 0. The van der Waals surface area contributed by atoms with E-state index in [-0.39, 0.29) is 13.1 Å². The fourth-order valence-electron chi connectivity index (χ4n) is 1.36. The van der Waals surface area contributed by atoms with Crippen molar-refractivity contribution in [2.24, 2.45) is 0 Å². The second kappa shape index (κ2) is 12.8. The standard InChI is InChI=1S/C13H25FN2O4/c1-3-19-9-5-7-15-12(17)11(14)13(18)16-8-6-10-20-4-2/h11H,3-10H2,1-2H3,(H,15,17)(H,16,18). The molecule has 0 fully saturated rings. The van der Waals surface area contributed by atoms with E-state index in [1.165, 1.54) is 0 Å². The summed E-state index contributed by atoms with van der Waals surface area (Å²) in [6.07, 6.45) is -1.00. The van der Waals surface area contributed by atoms with E-state index in [4.69, 9.17) is 9.47 Å². The molecule has 0 aromatic heterocycles. The number of ether oxygens (including phenoxy) is 2. The monoisotopic (exact) mass is 292 g/mol. The lowest BCUT2D eigenvalue weighted by atomic mass is 10.3. The Morgan fingerprint density at radius 3 is 1.70 bits per heavy atom. The lowest BCUT2D eigenvalue weighted by Gasteiger charge is -2.10. The Hall–Kier alpha value is -1.21. The van der Waals surface area contributed by atoms with Crippen LogP contribution in [0.25, 0.3) is 0 Å². The van der Waals surface area contributed by atoms with Crippen LogP contribution in [0.2, 0.25) is 0 Å². The molecule has 2 N–H and O–H groups in total. The van der Waals surface area contributed by atoms with E-state index in [0.29, 0.717) is 39.3 Å². The Labute approximate surface area is 119 Å². The first kappa shape index (κ1) is 18.8. The van der Waals surface area contributed by atoms with Crippen molar-refractivity contribution in [1.82, 2.24) is 10.6 Å². The Bertz CT molecular complexity index is 251. The molecule has 0 radical (unpaired) electrons. The van der Waals surface area contributed by atoms with Gasteiger partial charge in [0, 0.05) is 39.5 Å². The molecule has 0 aliphatic carbocycles. The number of nitrogens with one attached hydrogen (secondary N) is 2. The topological polar surface area (TPSA) is 76.7 Å². The average Bonchev–Trinajstić information content (AvgIpc) is 2.45. The fraction of sp³-hybridized carbons (Fsp3) is 0.846. The van der Waals surface area contributed by atoms with Gasteiger partial charge in [0.05, 0.1) is 0 Å². The van der Waals surface area contributed by atoms with Crippen molar-refractivity contribution in [2.75, 3.05) is 39.5 Å². The Kier molecular flexibility index (Phi) is 12.0. The molecule has 2 amide bonds. The van der Waals surface area contributed by atoms with E-state index in [1.807, 2.05) is 13.8 Å². The summed E-state index contributed by atoms with van der Waals surface area (Å²) in [4.78, 5) is 22.7. The van der Waals surface area contributed by atoms with Crippen LogP contribution in [0.5, 0.6) is 0 Å². The molecule has 0 rings (SSSR count). The molecule has 0 aromatic carbocycles. The number of alkyl halides is 1. The van der Waals surface area contributed by atoms with E-state index < -0.39 is 18.0 Å². The molecule has 20 heavy (non-hydrogen) atoms. The van der Waals surface area contributed by atoms with Gasteiger partial charge in [-0.3, -0.25) is 9.59 Å². The molecule has 7 heteroatoms. The molecule has 0 atom stereocenters. The van der Waals surface area contributed by atoms with Gasteiger partial charge in [0.1, 0.15) is 0 Å². The highest BCUT2D eigenvalue weighted by atomic mass is 19.1. The molecule has 0 aromatic rings. The normalized spacial score (nSPS) is 10.6. The first-order valence-corrected chi connectivity index (χ1v) is 6.98. The van der Waals surface area contributed by atoms with Crippen LogP contribution in [0.3, 0.4) is 0 Å². The van der Waals surface area contributed by atoms with Crippen LogP contribution in [-0.4, -0.2) is 57.5 Å². The molecule has 0 aliphatic rings. The molecule has 0 bridgehead atoms. The third kappa shape index (κ3) is 9.69. The minimum Gasteiger partial charge on any atom is -0.382 e. The molecular formula is C13H25FN2O4. The maximum atomic E-state index is 13.5. The molecule has 0 unspecified atom stereocenters. The second-order valence-electron chi connectivity index (χ2n) is 4.05. The van der Waals surface area contributed by atoms with Crippen LogP contribution in [0, 0.1) is 0 Å². The van der Waals surface area contributed by atoms with Crippen molar-refractivity contribution in [3.8, 4) is 0 Å². The first-order valence-electron chi connectivity index (χ1n) is 6.98. The SMILES string of the molecule is CCOCCCNC(=O)C(F)C(=O)NCCCOCC. The molecule has 0 heterocycles. The number of hydrogen-bond acceptors (Lipinski definition) is 4. The Morgan fingerprint density at radius 1 is 0.950 bits per heavy atom. The van der Waals surface area contributed by atoms with Gasteiger partial charge in [-0.2, -0.15) is 0 Å². The molecule has 118 valence electrons. The van der Waals surface area contributed by atoms with Crippen molar-refractivity contribution in [2.45, 2.75) is 32.9 Å². The zero-order valence-electron chi connectivity index (χ0n) is 12.2. The van der Waals surface area contributed by atoms with Gasteiger partial charge in [-0.1, -0.05) is 0 Å². The van der Waals surface area contributed by atoms with Gasteiger partial charge in [-0.15, -0.1) is 0 Å². The van der Waals surface area contributed by atoms with Crippen molar-refractivity contribution in [3.05, 3.63) is 0 Å². The summed E-state index contributed by atoms with van der Waals surface area (Å²) < 4.78 is 23.6. The van der Waals surface area contributed by atoms with Crippen LogP contribution in [0.15, 0.2) is 0 Å². The predicted molar refractivity (Wildman–Crippen MR) is 73.1 cm³/mol. The molecular weight excluding hydrogens is 267 g/mol. The lowest BCUT2D eigenvalue weighted by molar-refractivity contribution is -0.136. The zero-order chi connectivity index (χ0) is 15.2. The average molecular weight is 292 g/mol. The highest BCUT2D eigenvalue weighted by molar-refractivity contribution is 6.03. The van der Waals surface area contributed by atoms with Crippen LogP contribution in [0.4, 0.5) is 4.39 Å². The Balaban J connectivity index is 3.67. The Morgan fingerprint density at radius 2 is 1.35 bits per heavy atom. The number of carbonyl (C=O) groups is 2. The van der Waals surface area contributed by atoms with Gasteiger partial charge in [-0.25, -0.2) is 4.39 Å². The summed E-state index contributed by atoms with van der Waals surface area (Å²) in [6.45, 7) is 6.51. The van der Waals surface area contributed by atoms with Crippen molar-refractivity contribution in [1.29, 1.82) is 0 Å². The molecule has 0 saturated heterocycles. The maximum absolute atomic E-state index is 13.5. The highest BCUT2D eigenvalue weighted by Crippen LogP contribution is 1.92. The quantitative estimate of drug-likeness (QED) is 0.403. The van der Waals surface area contributed by atoms with Crippen molar-refractivity contribution in [3.63, 3.8) is 0 Å². The third-order valence-corrected chi connectivity index (χ3v) is 2.40. The second-order valence-corrected chi connectivity index (χ2v) is 4.05. The van der Waals surface area contributed by atoms with Gasteiger partial charge in [-0.05, 0) is 26.7 Å². The highest BCUT2D eigenvalue weighted by Gasteiger charge is 2.24. The van der Waals surface area contributed by atoms with Crippen LogP contribution in [0.1, 0.15) is 26.7 Å². The van der Waals surface area contributed by atoms with Crippen LogP contribution in [-0.2, 0) is 19.1 Å². The fourth-order valence-corrected chi connectivity index (χ4v) is 1.36. The number of carbonyl (C=O) groups excluding carboxylic acids is 2. The summed E-state index contributed by atoms with van der Waals surface area (Å²) in [6, 6.07) is 0. The predicted octanol–water partition coefficient (Wildman–Crippen LogP) is 0.410. The van der Waals surface area contributed by atoms with E-state index in [2.05, 4.69) is 10.6 Å². The molecule has 0 aliphatic heterocycles. The minimum atomic E-state index is -2.17. The molecule has 0 spiro atoms. The summed E-state index contributed by atoms with van der Waals surface area (Å²) >= 11 is 0. The van der Waals surface area contributed by atoms with E-state index in [0.717, 1.165) is 0 Å². The van der Waals surface area contributed by atoms with E-state index in [9.17, 15) is 14.0 Å². The van der Waals surface area contributed by atoms with Gasteiger partial charge in [0.2, 0.25) is 0 Å². The maximum Gasteiger partial charge on any atom is 0.264 e. The molecule has 0 saturated carbocycles. The number of halogens is 1. The van der Waals surface area contributed by atoms with E-state index in [1.54, 1.807) is 0 Å². The third-order valence-electron chi connectivity index (χ3n) is 2.40. The van der Waals surface area contributed by atoms with Crippen LogP contribution >= 0.6 is 0 Å². The number of rotatable bonds is 12. The zero-order valence-corrected chi connectivity index (χ0v) is 12.2. The number of amides is 2. The summed E-state index contributed by atoms with van der Waals surface area (Å²) in [5, 5.41) is 4.71. The number of hydrogen-bond donors (Lipinski definition) is 2. The smallest absolute Gasteiger partial charge is 0.264 e. The minimum absolute atomic E-state index is 0.289. The van der Waals surface area contributed by atoms with Crippen LogP contribution < -0.4 is 10.6 Å². The van der Waals surface area contributed by atoms with Crippen molar-refractivity contribution < 1.29 is 23.5 Å². The summed E-state index contributed by atoms with van der Waals surface area (Å²) in [5.74, 6) is -1.83. The lowest BCUT2D eigenvalue weighted by Crippen LogP contribution is -2.43.